The number of aromatic nitrogens is 1. The number of hydrogen-bond acceptors (Lipinski definition) is 5. The molecule has 1 aromatic carbocycles. The third-order valence-corrected chi connectivity index (χ3v) is 8.96. The summed E-state index contributed by atoms with van der Waals surface area (Å²) in [5.74, 6) is 0.752. The number of fused-ring (bicyclic) bond motifs is 1. The maximum atomic E-state index is 13.1. The Morgan fingerprint density at radius 3 is 2.31 bits per heavy atom. The molecule has 0 aliphatic rings. The van der Waals surface area contributed by atoms with Crippen molar-refractivity contribution in [3.05, 3.63) is 36.0 Å². The van der Waals surface area contributed by atoms with E-state index in [-0.39, 0.29) is 11.5 Å². The van der Waals surface area contributed by atoms with Crippen molar-refractivity contribution in [1.29, 1.82) is 0 Å². The molecule has 1 aromatic heterocycles. The van der Waals surface area contributed by atoms with Gasteiger partial charge in [0.25, 0.3) is 0 Å². The van der Waals surface area contributed by atoms with Crippen molar-refractivity contribution in [2.75, 3.05) is 11.5 Å². The zero-order valence-electron chi connectivity index (χ0n) is 18.7. The van der Waals surface area contributed by atoms with E-state index < -0.39 is 26.5 Å². The van der Waals surface area contributed by atoms with Gasteiger partial charge in [-0.2, -0.15) is 13.2 Å². The second kappa shape index (κ2) is 11.0. The summed E-state index contributed by atoms with van der Waals surface area (Å²) in [4.78, 5) is 16.3. The second-order valence-electron chi connectivity index (χ2n) is 8.75. The van der Waals surface area contributed by atoms with E-state index >= 15 is 0 Å². The van der Waals surface area contributed by atoms with Crippen LogP contribution in [0.1, 0.15) is 65.0 Å². The van der Waals surface area contributed by atoms with Crippen LogP contribution in [0.15, 0.2) is 35.2 Å². The highest BCUT2D eigenvalue weighted by atomic mass is 32.2. The first-order valence-electron chi connectivity index (χ1n) is 10.6. The Bertz CT molecular complexity index is 1030. The number of alkyl halides is 3. The molecule has 9 heteroatoms. The molecule has 2 rings (SSSR count). The van der Waals surface area contributed by atoms with E-state index in [9.17, 15) is 26.4 Å². The smallest absolute Gasteiger partial charge is 0.300 e. The number of sulfone groups is 1. The lowest BCUT2D eigenvalue weighted by Crippen LogP contribution is -2.30. The van der Waals surface area contributed by atoms with Crippen LogP contribution in [-0.2, 0) is 20.8 Å². The number of benzene rings is 1. The number of halogens is 3. The van der Waals surface area contributed by atoms with E-state index in [1.165, 1.54) is 11.8 Å². The van der Waals surface area contributed by atoms with Crippen molar-refractivity contribution >= 4 is 38.3 Å². The molecule has 0 N–H and O–H groups in total. The lowest BCUT2D eigenvalue weighted by atomic mass is 10.1. The minimum Gasteiger partial charge on any atom is -0.300 e. The second-order valence-corrected chi connectivity index (χ2v) is 12.8. The first kappa shape index (κ1) is 26.6. The number of nitrogens with zero attached hydrogens (tertiary/aromatic N) is 1. The van der Waals surface area contributed by atoms with Gasteiger partial charge in [0, 0.05) is 23.1 Å². The number of carbonyl (C=O) groups is 1. The standard InChI is InChI=1S/C23H30F3NO3S2/c1-22(2,3)32(29,30)15-8-4-5-10-17(28)11-9-14-31-20-16-21(23(24,25)26)27-19-13-7-6-12-18(19)20/h6-7,12-13,16H,4-5,8-11,14-15H2,1-3H3. The fourth-order valence-corrected chi connectivity index (χ4v) is 5.31. The summed E-state index contributed by atoms with van der Waals surface area (Å²) < 4.78 is 62.8. The Labute approximate surface area is 192 Å². The summed E-state index contributed by atoms with van der Waals surface area (Å²) in [7, 11) is -3.13. The van der Waals surface area contributed by atoms with Gasteiger partial charge in [-0.3, -0.25) is 4.79 Å². The number of thioether (sulfide) groups is 1. The van der Waals surface area contributed by atoms with Gasteiger partial charge in [0.2, 0.25) is 0 Å². The fraction of sp³-hybridized carbons (Fsp3) is 0.565. The molecule has 1 heterocycles. The number of hydrogen-bond donors (Lipinski definition) is 0. The van der Waals surface area contributed by atoms with Gasteiger partial charge >= 0.3 is 6.18 Å². The number of Topliss-reactive ketones (excluding diaryl/α,β-unsaturated/α-hetero) is 1. The largest absolute Gasteiger partial charge is 0.433 e. The highest BCUT2D eigenvalue weighted by molar-refractivity contribution is 7.99. The Balaban J connectivity index is 1.77. The van der Waals surface area contributed by atoms with Crippen molar-refractivity contribution in [3.63, 3.8) is 0 Å². The molecule has 0 spiro atoms. The molecular formula is C23H30F3NO3S2. The van der Waals surface area contributed by atoms with Gasteiger partial charge in [-0.1, -0.05) is 24.6 Å². The zero-order valence-corrected chi connectivity index (χ0v) is 20.3. The molecule has 0 saturated heterocycles. The average molecular weight is 490 g/mol. The minimum atomic E-state index is -4.51. The number of ketones is 1. The minimum absolute atomic E-state index is 0.0971. The molecule has 0 bridgehead atoms. The fourth-order valence-electron chi connectivity index (χ4n) is 3.08. The zero-order chi connectivity index (χ0) is 24.0. The normalized spacial score (nSPS) is 12.9. The molecule has 178 valence electrons. The molecule has 32 heavy (non-hydrogen) atoms. The molecule has 0 radical (unpaired) electrons. The van der Waals surface area contributed by atoms with Crippen molar-refractivity contribution in [3.8, 4) is 0 Å². The van der Waals surface area contributed by atoms with Crippen molar-refractivity contribution in [2.45, 2.75) is 75.1 Å². The van der Waals surface area contributed by atoms with Gasteiger partial charge in [0.1, 0.15) is 11.5 Å². The Morgan fingerprint density at radius 1 is 1.00 bits per heavy atom. The van der Waals surface area contributed by atoms with Crippen LogP contribution in [0, 0.1) is 0 Å². The van der Waals surface area contributed by atoms with E-state index in [1.807, 2.05) is 0 Å². The predicted molar refractivity (Wildman–Crippen MR) is 124 cm³/mol. The quantitative estimate of drug-likeness (QED) is 0.267. The third-order valence-electron chi connectivity index (χ3n) is 5.13. The summed E-state index contributed by atoms with van der Waals surface area (Å²) >= 11 is 1.30. The Kier molecular flexibility index (Phi) is 9.16. The van der Waals surface area contributed by atoms with Crippen LogP contribution < -0.4 is 0 Å². The van der Waals surface area contributed by atoms with E-state index in [0.717, 1.165) is 6.07 Å². The Hall–Kier alpha value is -1.61. The molecular weight excluding hydrogens is 459 g/mol. The molecule has 0 unspecified atom stereocenters. The van der Waals surface area contributed by atoms with E-state index in [2.05, 4.69) is 4.98 Å². The van der Waals surface area contributed by atoms with Gasteiger partial charge in [-0.05, 0) is 57.9 Å². The number of unbranched alkanes of at least 4 members (excludes halogenated alkanes) is 2. The molecule has 0 fully saturated rings. The topological polar surface area (TPSA) is 64.1 Å². The Morgan fingerprint density at radius 2 is 1.66 bits per heavy atom. The van der Waals surface area contributed by atoms with Gasteiger partial charge in [-0.25, -0.2) is 13.4 Å². The van der Waals surface area contributed by atoms with E-state index in [0.29, 0.717) is 60.1 Å². The van der Waals surface area contributed by atoms with Crippen molar-refractivity contribution < 1.29 is 26.4 Å². The van der Waals surface area contributed by atoms with Crippen LogP contribution in [-0.4, -0.2) is 35.4 Å². The van der Waals surface area contributed by atoms with E-state index in [1.54, 1.807) is 45.0 Å². The van der Waals surface area contributed by atoms with Crippen LogP contribution in [0.25, 0.3) is 10.9 Å². The average Bonchev–Trinajstić information content (AvgIpc) is 2.69. The van der Waals surface area contributed by atoms with Crippen LogP contribution >= 0.6 is 11.8 Å². The number of rotatable bonds is 11. The molecule has 2 aromatic rings. The van der Waals surface area contributed by atoms with Gasteiger partial charge in [0.15, 0.2) is 9.84 Å². The number of carbonyl (C=O) groups excluding carboxylic acids is 1. The predicted octanol–water partition coefficient (Wildman–Crippen LogP) is 6.47. The monoisotopic (exact) mass is 489 g/mol. The summed E-state index contributed by atoms with van der Waals surface area (Å²) in [5, 5.41) is 0.669. The summed E-state index contributed by atoms with van der Waals surface area (Å²) in [6, 6.07) is 7.79. The van der Waals surface area contributed by atoms with E-state index in [4.69, 9.17) is 0 Å². The molecule has 0 atom stereocenters. The highest BCUT2D eigenvalue weighted by Crippen LogP contribution is 2.35. The summed E-state index contributed by atoms with van der Waals surface area (Å²) in [6.45, 7) is 5.05. The SMILES string of the molecule is CC(C)(C)S(=O)(=O)CCCCCC(=O)CCCSc1cc(C(F)(F)F)nc2ccccc12. The maximum Gasteiger partial charge on any atom is 0.433 e. The highest BCUT2D eigenvalue weighted by Gasteiger charge is 2.33. The van der Waals surface area contributed by atoms with Crippen molar-refractivity contribution in [2.24, 2.45) is 0 Å². The maximum absolute atomic E-state index is 13.1. The molecule has 0 saturated carbocycles. The lowest BCUT2D eigenvalue weighted by Gasteiger charge is -2.18. The van der Waals surface area contributed by atoms with Crippen molar-refractivity contribution in [1.82, 2.24) is 4.98 Å². The van der Waals surface area contributed by atoms with Crippen LogP contribution in [0.5, 0.6) is 0 Å². The number of para-hydroxylation sites is 1. The first-order chi connectivity index (χ1) is 14.8. The van der Waals surface area contributed by atoms with Gasteiger partial charge in [-0.15, -0.1) is 11.8 Å². The lowest BCUT2D eigenvalue weighted by molar-refractivity contribution is -0.141. The van der Waals surface area contributed by atoms with Crippen LogP contribution in [0.3, 0.4) is 0 Å². The first-order valence-corrected chi connectivity index (χ1v) is 13.3. The van der Waals surface area contributed by atoms with Gasteiger partial charge in [0.05, 0.1) is 16.0 Å². The summed E-state index contributed by atoms with van der Waals surface area (Å²) in [5.41, 5.74) is -0.613. The third kappa shape index (κ3) is 7.76. The molecule has 0 aliphatic heterocycles. The van der Waals surface area contributed by atoms with Crippen LogP contribution in [0.2, 0.25) is 0 Å². The molecule has 0 aliphatic carbocycles. The summed E-state index contributed by atoms with van der Waals surface area (Å²) in [6.07, 6.45) is -1.31. The molecule has 4 nitrogen and oxygen atoms in total. The van der Waals surface area contributed by atoms with Gasteiger partial charge < -0.3 is 0 Å². The molecule has 0 amide bonds. The number of pyridine rings is 1. The van der Waals surface area contributed by atoms with Crippen LogP contribution in [0.4, 0.5) is 13.2 Å².